The summed E-state index contributed by atoms with van der Waals surface area (Å²) in [4.78, 5) is 28.5. The molecule has 1 aliphatic heterocycles. The summed E-state index contributed by atoms with van der Waals surface area (Å²) in [5.41, 5.74) is 2.18. The quantitative estimate of drug-likeness (QED) is 0.0921. The standard InChI is InChI=1S/C35H33NO5/c1-2-3-22-40-29-18-11-15-27(24-29)33(37)31-32(26-14-10-19-30(23-26)41-28-16-8-5-9-17-28)36(35(39)34(31)38)21-20-25-12-6-4-7-13-25/h4-19,23-24,32,37H,2-3,20-22H2,1H3. The van der Waals surface area contributed by atoms with Crippen LogP contribution in [0.1, 0.15) is 42.5 Å². The van der Waals surface area contributed by atoms with E-state index in [1.54, 1.807) is 23.1 Å². The normalized spacial score (nSPS) is 16.1. The highest BCUT2D eigenvalue weighted by molar-refractivity contribution is 6.46. The van der Waals surface area contributed by atoms with Crippen LogP contribution in [0.5, 0.6) is 17.2 Å². The number of carbonyl (C=O) groups excluding carboxylic acids is 2. The number of aliphatic hydroxyl groups is 1. The van der Waals surface area contributed by atoms with E-state index in [9.17, 15) is 14.7 Å². The van der Waals surface area contributed by atoms with Gasteiger partial charge in [-0.05, 0) is 60.4 Å². The van der Waals surface area contributed by atoms with Crippen molar-refractivity contribution in [1.82, 2.24) is 4.90 Å². The van der Waals surface area contributed by atoms with Gasteiger partial charge in [-0.3, -0.25) is 9.59 Å². The molecule has 208 valence electrons. The van der Waals surface area contributed by atoms with Gasteiger partial charge >= 0.3 is 0 Å². The highest BCUT2D eigenvalue weighted by atomic mass is 16.5. The van der Waals surface area contributed by atoms with Crippen molar-refractivity contribution in [1.29, 1.82) is 0 Å². The molecule has 5 rings (SSSR count). The molecule has 1 heterocycles. The molecule has 0 radical (unpaired) electrons. The zero-order valence-corrected chi connectivity index (χ0v) is 23.0. The van der Waals surface area contributed by atoms with E-state index in [1.807, 2.05) is 91.0 Å². The maximum atomic E-state index is 13.5. The largest absolute Gasteiger partial charge is 0.507 e. The molecule has 0 spiro atoms. The van der Waals surface area contributed by atoms with Crippen molar-refractivity contribution in [3.63, 3.8) is 0 Å². The van der Waals surface area contributed by atoms with E-state index in [4.69, 9.17) is 9.47 Å². The van der Waals surface area contributed by atoms with E-state index >= 15 is 0 Å². The molecule has 1 fully saturated rings. The van der Waals surface area contributed by atoms with Crippen LogP contribution in [0.3, 0.4) is 0 Å². The van der Waals surface area contributed by atoms with Crippen LogP contribution in [0.15, 0.2) is 115 Å². The Labute approximate surface area is 240 Å². The third kappa shape index (κ3) is 6.49. The summed E-state index contributed by atoms with van der Waals surface area (Å²) in [6.07, 6.45) is 2.47. The molecule has 6 heteroatoms. The lowest BCUT2D eigenvalue weighted by Crippen LogP contribution is -2.31. The molecule has 0 aliphatic carbocycles. The summed E-state index contributed by atoms with van der Waals surface area (Å²) < 4.78 is 11.9. The molecule has 0 aromatic heterocycles. The molecule has 1 amide bonds. The third-order valence-electron chi connectivity index (χ3n) is 7.05. The van der Waals surface area contributed by atoms with E-state index in [2.05, 4.69) is 6.92 Å². The monoisotopic (exact) mass is 547 g/mol. The third-order valence-corrected chi connectivity index (χ3v) is 7.05. The Hall–Kier alpha value is -4.84. The molecule has 0 saturated carbocycles. The van der Waals surface area contributed by atoms with Gasteiger partial charge in [0.05, 0.1) is 18.2 Å². The minimum Gasteiger partial charge on any atom is -0.507 e. The maximum Gasteiger partial charge on any atom is 0.295 e. The molecule has 1 N–H and O–H groups in total. The summed E-state index contributed by atoms with van der Waals surface area (Å²) in [5, 5.41) is 11.5. The van der Waals surface area contributed by atoms with Gasteiger partial charge in [-0.25, -0.2) is 0 Å². The maximum absolute atomic E-state index is 13.5. The Morgan fingerprint density at radius 3 is 2.24 bits per heavy atom. The van der Waals surface area contributed by atoms with E-state index in [0.717, 1.165) is 18.4 Å². The fourth-order valence-electron chi connectivity index (χ4n) is 4.95. The van der Waals surface area contributed by atoms with Crippen molar-refractivity contribution in [2.45, 2.75) is 32.2 Å². The van der Waals surface area contributed by atoms with Crippen molar-refractivity contribution in [3.05, 3.63) is 131 Å². The average Bonchev–Trinajstić information content (AvgIpc) is 3.26. The molecule has 1 saturated heterocycles. The van der Waals surface area contributed by atoms with Gasteiger partial charge in [0.25, 0.3) is 11.7 Å². The lowest BCUT2D eigenvalue weighted by atomic mass is 9.95. The van der Waals surface area contributed by atoms with E-state index < -0.39 is 17.7 Å². The second kappa shape index (κ2) is 13.0. The Balaban J connectivity index is 1.54. The Morgan fingerprint density at radius 2 is 1.49 bits per heavy atom. The fourth-order valence-corrected chi connectivity index (χ4v) is 4.95. The van der Waals surface area contributed by atoms with Crippen LogP contribution in [-0.4, -0.2) is 34.8 Å². The molecular weight excluding hydrogens is 514 g/mol. The van der Waals surface area contributed by atoms with Crippen LogP contribution in [0, 0.1) is 0 Å². The number of unbranched alkanes of at least 4 members (excludes halogenated alkanes) is 1. The number of hydrogen-bond acceptors (Lipinski definition) is 5. The lowest BCUT2D eigenvalue weighted by molar-refractivity contribution is -0.139. The molecule has 0 bridgehead atoms. The first-order chi connectivity index (χ1) is 20.0. The van der Waals surface area contributed by atoms with Gasteiger partial charge in [-0.2, -0.15) is 0 Å². The zero-order valence-electron chi connectivity index (χ0n) is 23.0. The summed E-state index contributed by atoms with van der Waals surface area (Å²) in [5.74, 6) is 0.238. The smallest absolute Gasteiger partial charge is 0.295 e. The van der Waals surface area contributed by atoms with Crippen LogP contribution in [-0.2, 0) is 16.0 Å². The van der Waals surface area contributed by atoms with E-state index in [1.165, 1.54) is 0 Å². The number of carbonyl (C=O) groups is 2. The first-order valence-corrected chi connectivity index (χ1v) is 13.9. The molecule has 1 unspecified atom stereocenters. The molecule has 41 heavy (non-hydrogen) atoms. The van der Waals surface area contributed by atoms with Crippen molar-refractivity contribution in [2.75, 3.05) is 13.2 Å². The van der Waals surface area contributed by atoms with Gasteiger partial charge in [0, 0.05) is 12.1 Å². The first kappa shape index (κ1) is 27.7. The second-order valence-electron chi connectivity index (χ2n) is 9.95. The molecule has 6 nitrogen and oxygen atoms in total. The number of hydrogen-bond donors (Lipinski definition) is 1. The van der Waals surface area contributed by atoms with Gasteiger partial charge in [0.1, 0.15) is 23.0 Å². The predicted molar refractivity (Wildman–Crippen MR) is 159 cm³/mol. The van der Waals surface area contributed by atoms with E-state index in [0.29, 0.717) is 47.9 Å². The molecular formula is C35H33NO5. The molecule has 1 aliphatic rings. The Kier molecular flexibility index (Phi) is 8.79. The van der Waals surface area contributed by atoms with Crippen molar-refractivity contribution in [3.8, 4) is 17.2 Å². The van der Waals surface area contributed by atoms with Gasteiger partial charge in [-0.1, -0.05) is 86.1 Å². The summed E-state index contributed by atoms with van der Waals surface area (Å²) in [6.45, 7) is 2.95. The number of amides is 1. The topological polar surface area (TPSA) is 76.1 Å². The van der Waals surface area contributed by atoms with Crippen LogP contribution < -0.4 is 9.47 Å². The zero-order chi connectivity index (χ0) is 28.6. The van der Waals surface area contributed by atoms with Crippen LogP contribution in [0.2, 0.25) is 0 Å². The highest BCUT2D eigenvalue weighted by Gasteiger charge is 2.46. The van der Waals surface area contributed by atoms with E-state index in [-0.39, 0.29) is 11.3 Å². The molecule has 4 aromatic carbocycles. The van der Waals surface area contributed by atoms with Gasteiger partial charge < -0.3 is 19.5 Å². The second-order valence-corrected chi connectivity index (χ2v) is 9.95. The number of ketones is 1. The number of nitrogens with zero attached hydrogens (tertiary/aromatic N) is 1. The van der Waals surface area contributed by atoms with Gasteiger partial charge in [-0.15, -0.1) is 0 Å². The Bertz CT molecular complexity index is 1530. The number of Topliss-reactive ketones (excluding diaryl/α,β-unsaturated/α-hetero) is 1. The number of ether oxygens (including phenoxy) is 2. The molecule has 4 aromatic rings. The number of benzene rings is 4. The Morgan fingerprint density at radius 1 is 0.805 bits per heavy atom. The number of rotatable bonds is 11. The van der Waals surface area contributed by atoms with Gasteiger partial charge in [0.2, 0.25) is 0 Å². The summed E-state index contributed by atoms with van der Waals surface area (Å²) in [7, 11) is 0. The first-order valence-electron chi connectivity index (χ1n) is 13.9. The highest BCUT2D eigenvalue weighted by Crippen LogP contribution is 2.41. The number of aliphatic hydroxyl groups excluding tert-OH is 1. The average molecular weight is 548 g/mol. The fraction of sp³-hybridized carbons (Fsp3) is 0.200. The predicted octanol–water partition coefficient (Wildman–Crippen LogP) is 7.32. The van der Waals surface area contributed by atoms with Crippen molar-refractivity contribution < 1.29 is 24.2 Å². The van der Waals surface area contributed by atoms with Crippen LogP contribution >= 0.6 is 0 Å². The summed E-state index contributed by atoms with van der Waals surface area (Å²) >= 11 is 0. The van der Waals surface area contributed by atoms with Crippen LogP contribution in [0.4, 0.5) is 0 Å². The number of para-hydroxylation sites is 1. The summed E-state index contributed by atoms with van der Waals surface area (Å²) in [6, 6.07) is 32.7. The minimum atomic E-state index is -0.789. The lowest BCUT2D eigenvalue weighted by Gasteiger charge is -2.26. The number of likely N-dealkylation sites (tertiary alicyclic amines) is 1. The van der Waals surface area contributed by atoms with Crippen molar-refractivity contribution >= 4 is 17.4 Å². The minimum absolute atomic E-state index is 0.0469. The molecule has 1 atom stereocenters. The van der Waals surface area contributed by atoms with Crippen LogP contribution in [0.25, 0.3) is 5.76 Å². The SMILES string of the molecule is CCCCOc1cccc(C(O)=C2C(=O)C(=O)N(CCc3ccccc3)C2c2cccc(Oc3ccccc3)c2)c1. The van der Waals surface area contributed by atoms with Crippen molar-refractivity contribution in [2.24, 2.45) is 0 Å². The van der Waals surface area contributed by atoms with Gasteiger partial charge in [0.15, 0.2) is 0 Å².